The molecule has 25 heavy (non-hydrogen) atoms. The van der Waals surface area contributed by atoms with Crippen molar-refractivity contribution in [1.82, 2.24) is 14.0 Å². The number of carbonyl (C=O) groups is 1. The van der Waals surface area contributed by atoms with Gasteiger partial charge in [-0.25, -0.2) is 4.79 Å². The predicted molar refractivity (Wildman–Crippen MR) is 98.4 cm³/mol. The molecule has 0 aliphatic heterocycles. The van der Waals surface area contributed by atoms with Crippen LogP contribution in [0.4, 0.5) is 0 Å². The Kier molecular flexibility index (Phi) is 6.11. The van der Waals surface area contributed by atoms with Gasteiger partial charge >= 0.3 is 5.69 Å². The van der Waals surface area contributed by atoms with Crippen LogP contribution in [-0.4, -0.2) is 33.0 Å². The normalized spacial score (nSPS) is 11.0. The van der Waals surface area contributed by atoms with Gasteiger partial charge in [0.15, 0.2) is 0 Å². The maximum Gasteiger partial charge on any atom is 0.330 e. The van der Waals surface area contributed by atoms with Gasteiger partial charge in [0, 0.05) is 39.5 Å². The molecule has 6 nitrogen and oxygen atoms in total. The van der Waals surface area contributed by atoms with E-state index < -0.39 is 11.2 Å². The van der Waals surface area contributed by atoms with Gasteiger partial charge in [-0.2, -0.15) is 0 Å². The van der Waals surface area contributed by atoms with Crippen molar-refractivity contribution in [2.75, 3.05) is 13.1 Å². The highest BCUT2D eigenvalue weighted by atomic mass is 16.2. The number of carbonyl (C=O) groups excluding carboxylic acids is 1. The number of rotatable bonds is 6. The van der Waals surface area contributed by atoms with E-state index in [2.05, 4.69) is 0 Å². The molecule has 1 aromatic carbocycles. The number of hydrogen-bond donors (Lipinski definition) is 0. The smallest absolute Gasteiger partial charge is 0.330 e. The third-order valence-corrected chi connectivity index (χ3v) is 4.09. The third kappa shape index (κ3) is 4.56. The number of amides is 1. The molecule has 0 radical (unpaired) electrons. The van der Waals surface area contributed by atoms with Crippen LogP contribution in [0.25, 0.3) is 6.08 Å². The molecule has 0 aliphatic carbocycles. The van der Waals surface area contributed by atoms with Crippen molar-refractivity contribution in [2.45, 2.75) is 13.3 Å². The zero-order valence-electron chi connectivity index (χ0n) is 14.8. The molecule has 0 aliphatic rings. The summed E-state index contributed by atoms with van der Waals surface area (Å²) >= 11 is 0. The predicted octanol–water partition coefficient (Wildman–Crippen LogP) is 1.19. The summed E-state index contributed by atoms with van der Waals surface area (Å²) in [6, 6.07) is 9.97. The molecule has 0 bridgehead atoms. The van der Waals surface area contributed by atoms with Crippen LogP contribution in [-0.2, 0) is 25.3 Å². The molecule has 2 rings (SSSR count). The van der Waals surface area contributed by atoms with Gasteiger partial charge < -0.3 is 9.47 Å². The van der Waals surface area contributed by atoms with Gasteiger partial charge in [-0.15, -0.1) is 0 Å². The van der Waals surface area contributed by atoms with Crippen molar-refractivity contribution in [3.8, 4) is 0 Å². The first-order chi connectivity index (χ1) is 11.9. The van der Waals surface area contributed by atoms with Crippen LogP contribution in [0.1, 0.15) is 18.1 Å². The summed E-state index contributed by atoms with van der Waals surface area (Å²) in [6.45, 7) is 3.11. The highest BCUT2D eigenvalue weighted by Gasteiger charge is 2.09. The van der Waals surface area contributed by atoms with Crippen molar-refractivity contribution in [3.63, 3.8) is 0 Å². The Morgan fingerprint density at radius 3 is 2.48 bits per heavy atom. The van der Waals surface area contributed by atoms with Crippen LogP contribution in [0.3, 0.4) is 0 Å². The van der Waals surface area contributed by atoms with Crippen LogP contribution in [0.15, 0.2) is 52.2 Å². The molecule has 0 unspecified atom stereocenters. The molecule has 0 saturated carbocycles. The van der Waals surface area contributed by atoms with Gasteiger partial charge in [-0.3, -0.25) is 14.2 Å². The quantitative estimate of drug-likeness (QED) is 0.742. The van der Waals surface area contributed by atoms with Gasteiger partial charge in [0.05, 0.1) is 5.56 Å². The van der Waals surface area contributed by atoms with E-state index in [1.54, 1.807) is 11.9 Å². The van der Waals surface area contributed by atoms with E-state index >= 15 is 0 Å². The van der Waals surface area contributed by atoms with Crippen LogP contribution < -0.4 is 11.2 Å². The Morgan fingerprint density at radius 2 is 1.84 bits per heavy atom. The standard InChI is InChI=1S/C19H23N3O3/c1-4-22(13-12-15-8-6-5-7-9-15)17(23)11-10-16-14-20(2)19(25)21(3)18(16)24/h5-11,14H,4,12-13H2,1-3H3/b11-10+. The molecule has 2 aromatic rings. The fraction of sp³-hybridized carbons (Fsp3) is 0.316. The molecular formula is C19H23N3O3. The lowest BCUT2D eigenvalue weighted by Gasteiger charge is -2.19. The van der Waals surface area contributed by atoms with Gasteiger partial charge in [0.1, 0.15) is 0 Å². The Hall–Kier alpha value is -2.89. The number of nitrogens with zero attached hydrogens (tertiary/aromatic N) is 3. The van der Waals surface area contributed by atoms with Crippen LogP contribution in [0, 0.1) is 0 Å². The SMILES string of the molecule is CCN(CCc1ccccc1)C(=O)/C=C/c1cn(C)c(=O)n(C)c1=O. The third-order valence-electron chi connectivity index (χ3n) is 4.09. The number of likely N-dealkylation sites (N-methyl/N-ethyl adjacent to an activating group) is 1. The van der Waals surface area contributed by atoms with Gasteiger partial charge in [-0.05, 0) is 25.0 Å². The van der Waals surface area contributed by atoms with Crippen molar-refractivity contribution in [2.24, 2.45) is 14.1 Å². The molecular weight excluding hydrogens is 318 g/mol. The van der Waals surface area contributed by atoms with E-state index in [0.717, 1.165) is 11.0 Å². The summed E-state index contributed by atoms with van der Waals surface area (Å²) in [4.78, 5) is 37.9. The van der Waals surface area contributed by atoms with Gasteiger partial charge in [0.2, 0.25) is 5.91 Å². The molecule has 6 heteroatoms. The maximum absolute atomic E-state index is 12.4. The van der Waals surface area contributed by atoms with E-state index in [0.29, 0.717) is 18.7 Å². The minimum absolute atomic E-state index is 0.158. The van der Waals surface area contributed by atoms with E-state index in [4.69, 9.17) is 0 Å². The average Bonchev–Trinajstić information content (AvgIpc) is 2.63. The molecule has 0 saturated heterocycles. The lowest BCUT2D eigenvalue weighted by atomic mass is 10.1. The first kappa shape index (κ1) is 18.4. The lowest BCUT2D eigenvalue weighted by molar-refractivity contribution is -0.125. The molecule has 132 valence electrons. The number of hydrogen-bond acceptors (Lipinski definition) is 3. The highest BCUT2D eigenvalue weighted by Crippen LogP contribution is 2.03. The van der Waals surface area contributed by atoms with Crippen LogP contribution in [0.5, 0.6) is 0 Å². The lowest BCUT2D eigenvalue weighted by Crippen LogP contribution is -2.37. The van der Waals surface area contributed by atoms with Gasteiger partial charge in [0.25, 0.3) is 5.56 Å². The first-order valence-electron chi connectivity index (χ1n) is 8.21. The second-order valence-corrected chi connectivity index (χ2v) is 5.83. The van der Waals surface area contributed by atoms with Crippen molar-refractivity contribution in [1.29, 1.82) is 0 Å². The number of aryl methyl sites for hydroxylation is 1. The molecule has 1 amide bonds. The minimum Gasteiger partial charge on any atom is -0.339 e. The Bertz CT molecular complexity index is 879. The summed E-state index contributed by atoms with van der Waals surface area (Å²) in [6.07, 6.45) is 5.07. The maximum atomic E-state index is 12.4. The van der Waals surface area contributed by atoms with E-state index in [1.165, 1.54) is 35.5 Å². The topological polar surface area (TPSA) is 64.3 Å². The number of aromatic nitrogens is 2. The zero-order chi connectivity index (χ0) is 18.4. The first-order valence-corrected chi connectivity index (χ1v) is 8.21. The van der Waals surface area contributed by atoms with E-state index in [1.807, 2.05) is 37.3 Å². The Morgan fingerprint density at radius 1 is 1.16 bits per heavy atom. The molecule has 1 heterocycles. The highest BCUT2D eigenvalue weighted by molar-refractivity contribution is 5.91. The summed E-state index contributed by atoms with van der Waals surface area (Å²) in [5.74, 6) is -0.158. The second kappa shape index (κ2) is 8.28. The molecule has 0 spiro atoms. The van der Waals surface area contributed by atoms with Crippen molar-refractivity contribution < 1.29 is 4.79 Å². The summed E-state index contributed by atoms with van der Waals surface area (Å²) in [5.41, 5.74) is 0.660. The summed E-state index contributed by atoms with van der Waals surface area (Å²) in [5, 5.41) is 0. The van der Waals surface area contributed by atoms with E-state index in [9.17, 15) is 14.4 Å². The van der Waals surface area contributed by atoms with Crippen molar-refractivity contribution in [3.05, 3.63) is 74.6 Å². The average molecular weight is 341 g/mol. The van der Waals surface area contributed by atoms with Crippen LogP contribution >= 0.6 is 0 Å². The largest absolute Gasteiger partial charge is 0.339 e. The molecule has 0 N–H and O–H groups in total. The van der Waals surface area contributed by atoms with Crippen molar-refractivity contribution >= 4 is 12.0 Å². The van der Waals surface area contributed by atoms with Gasteiger partial charge in [-0.1, -0.05) is 30.3 Å². The number of benzene rings is 1. The zero-order valence-corrected chi connectivity index (χ0v) is 14.8. The van der Waals surface area contributed by atoms with Crippen LogP contribution in [0.2, 0.25) is 0 Å². The van der Waals surface area contributed by atoms with E-state index in [-0.39, 0.29) is 5.91 Å². The fourth-order valence-corrected chi connectivity index (χ4v) is 2.55. The summed E-state index contributed by atoms with van der Waals surface area (Å²) < 4.78 is 2.34. The minimum atomic E-state index is -0.417. The molecule has 0 atom stereocenters. The Labute approximate surface area is 146 Å². The second-order valence-electron chi connectivity index (χ2n) is 5.83. The summed E-state index contributed by atoms with van der Waals surface area (Å²) in [7, 11) is 2.99. The fourth-order valence-electron chi connectivity index (χ4n) is 2.55. The Balaban J connectivity index is 2.10. The molecule has 0 fully saturated rings. The monoisotopic (exact) mass is 341 g/mol. The molecule has 1 aromatic heterocycles.